The molecule has 5 aromatic rings. The second kappa shape index (κ2) is 6.07. The maximum absolute atomic E-state index is 14.0. The fraction of sp³-hybridized carbons (Fsp3) is 0. The van der Waals surface area contributed by atoms with Crippen molar-refractivity contribution in [2.75, 3.05) is 0 Å². The van der Waals surface area contributed by atoms with Gasteiger partial charge in [-0.2, -0.15) is 0 Å². The van der Waals surface area contributed by atoms with E-state index in [1.165, 1.54) is 24.3 Å². The second-order valence-electron chi connectivity index (χ2n) is 6.49. The van der Waals surface area contributed by atoms with Gasteiger partial charge in [0.1, 0.15) is 11.4 Å². The van der Waals surface area contributed by atoms with Crippen LogP contribution in [0.5, 0.6) is 0 Å². The molecule has 6 heteroatoms. The Morgan fingerprint density at radius 3 is 2.54 bits per heavy atom. The fourth-order valence-electron chi connectivity index (χ4n) is 3.44. The van der Waals surface area contributed by atoms with Gasteiger partial charge in [0.2, 0.25) is 0 Å². The number of hydrogen-bond donors (Lipinski definition) is 0. The van der Waals surface area contributed by atoms with Crippen LogP contribution in [0.4, 0.5) is 4.39 Å². The van der Waals surface area contributed by atoms with E-state index in [1.807, 2.05) is 24.3 Å². The lowest BCUT2D eigenvalue weighted by molar-refractivity contribution is 0.589. The van der Waals surface area contributed by atoms with Crippen molar-refractivity contribution in [3.05, 3.63) is 91.1 Å². The van der Waals surface area contributed by atoms with E-state index in [9.17, 15) is 12.8 Å². The molecule has 0 amide bonds. The predicted molar refractivity (Wildman–Crippen MR) is 106 cm³/mol. The molecule has 2 aromatic heterocycles. The zero-order valence-electron chi connectivity index (χ0n) is 14.5. The Morgan fingerprint density at radius 2 is 1.71 bits per heavy atom. The molecule has 0 saturated carbocycles. The zero-order valence-corrected chi connectivity index (χ0v) is 15.4. The van der Waals surface area contributed by atoms with Gasteiger partial charge in [-0.25, -0.2) is 16.8 Å². The van der Waals surface area contributed by atoms with E-state index < -0.39 is 15.8 Å². The topological polar surface area (TPSA) is 52.2 Å². The van der Waals surface area contributed by atoms with Crippen molar-refractivity contribution in [1.82, 2.24) is 3.97 Å². The number of nitrogens with zero attached hydrogens (tertiary/aromatic N) is 1. The molecule has 0 aliphatic heterocycles. The molecule has 138 valence electrons. The Labute approximate surface area is 160 Å². The molecule has 0 aliphatic carbocycles. The minimum Gasteiger partial charge on any atom is -0.464 e. The van der Waals surface area contributed by atoms with Gasteiger partial charge in [0.25, 0.3) is 10.0 Å². The molecule has 5 rings (SSSR count). The quantitative estimate of drug-likeness (QED) is 0.412. The van der Waals surface area contributed by atoms with Crippen LogP contribution in [0, 0.1) is 5.82 Å². The zero-order chi connectivity index (χ0) is 19.3. The van der Waals surface area contributed by atoms with Gasteiger partial charge in [0.05, 0.1) is 16.7 Å². The number of benzene rings is 3. The maximum Gasteiger partial charge on any atom is 0.268 e. The summed E-state index contributed by atoms with van der Waals surface area (Å²) in [5.74, 6) is -0.494. The lowest BCUT2D eigenvalue weighted by atomic mass is 10.0. The molecule has 2 heterocycles. The normalized spacial score (nSPS) is 12.0. The van der Waals surface area contributed by atoms with Gasteiger partial charge in [-0.1, -0.05) is 24.3 Å². The summed E-state index contributed by atoms with van der Waals surface area (Å²) in [7, 11) is -3.87. The lowest BCUT2D eigenvalue weighted by Crippen LogP contribution is -2.11. The first-order valence-electron chi connectivity index (χ1n) is 8.63. The summed E-state index contributed by atoms with van der Waals surface area (Å²) in [5, 5.41) is 1.56. The van der Waals surface area contributed by atoms with E-state index in [0.29, 0.717) is 16.5 Å². The molecule has 4 nitrogen and oxygen atoms in total. The van der Waals surface area contributed by atoms with Crippen molar-refractivity contribution in [1.29, 1.82) is 0 Å². The van der Waals surface area contributed by atoms with E-state index in [4.69, 9.17) is 4.42 Å². The number of furan rings is 1. The van der Waals surface area contributed by atoms with Crippen molar-refractivity contribution >= 4 is 31.9 Å². The molecule has 0 N–H and O–H groups in total. The number of rotatable bonds is 3. The first-order chi connectivity index (χ1) is 13.5. The molecular formula is C22H14FNO3S. The lowest BCUT2D eigenvalue weighted by Gasteiger charge is -2.07. The highest BCUT2D eigenvalue weighted by atomic mass is 32.2. The summed E-state index contributed by atoms with van der Waals surface area (Å²) < 4.78 is 46.9. The molecule has 0 bridgehead atoms. The van der Waals surface area contributed by atoms with E-state index in [2.05, 4.69) is 0 Å². The first kappa shape index (κ1) is 16.8. The van der Waals surface area contributed by atoms with Crippen molar-refractivity contribution in [2.24, 2.45) is 0 Å². The number of halogens is 1. The molecule has 0 fully saturated rings. The Hall–Kier alpha value is -3.38. The van der Waals surface area contributed by atoms with Gasteiger partial charge in [-0.3, -0.25) is 0 Å². The van der Waals surface area contributed by atoms with Gasteiger partial charge in [0.15, 0.2) is 0 Å². The monoisotopic (exact) mass is 391 g/mol. The largest absolute Gasteiger partial charge is 0.464 e. The maximum atomic E-state index is 14.0. The SMILES string of the molecule is O=S(=O)(c1ccccc1)n1cc(-c2ccc3occc3c2)c2ccc(F)cc21. The van der Waals surface area contributed by atoms with E-state index in [-0.39, 0.29) is 4.90 Å². The molecule has 28 heavy (non-hydrogen) atoms. The van der Waals surface area contributed by atoms with Crippen LogP contribution in [0.2, 0.25) is 0 Å². The Balaban J connectivity index is 1.80. The van der Waals surface area contributed by atoms with Crippen LogP contribution < -0.4 is 0 Å². The van der Waals surface area contributed by atoms with Crippen molar-refractivity contribution < 1.29 is 17.2 Å². The summed E-state index contributed by atoms with van der Waals surface area (Å²) in [4.78, 5) is 0.146. The van der Waals surface area contributed by atoms with Crippen LogP contribution in [0.15, 0.2) is 94.6 Å². The minimum atomic E-state index is -3.87. The van der Waals surface area contributed by atoms with Gasteiger partial charge in [-0.05, 0) is 54.1 Å². The van der Waals surface area contributed by atoms with Gasteiger partial charge in [-0.15, -0.1) is 0 Å². The van der Waals surface area contributed by atoms with Crippen LogP contribution in [-0.2, 0) is 10.0 Å². The highest BCUT2D eigenvalue weighted by Crippen LogP contribution is 2.35. The Morgan fingerprint density at radius 1 is 0.893 bits per heavy atom. The average Bonchev–Trinajstić information content (AvgIpc) is 3.32. The summed E-state index contributed by atoms with van der Waals surface area (Å²) in [6.45, 7) is 0. The molecule has 3 aromatic carbocycles. The Kier molecular flexibility index (Phi) is 3.64. The smallest absolute Gasteiger partial charge is 0.268 e. The molecular weight excluding hydrogens is 377 g/mol. The molecule has 0 unspecified atom stereocenters. The summed E-state index contributed by atoms with van der Waals surface area (Å²) in [5.41, 5.74) is 2.58. The highest BCUT2D eigenvalue weighted by Gasteiger charge is 2.22. The second-order valence-corrected chi connectivity index (χ2v) is 8.31. The third kappa shape index (κ3) is 2.53. The standard InChI is InChI=1S/C22H14FNO3S/c23-17-7-8-19-20(15-6-9-22-16(12-15)10-11-27-22)14-24(21(19)13-17)28(25,26)18-4-2-1-3-5-18/h1-14H. The molecule has 0 spiro atoms. The number of fused-ring (bicyclic) bond motifs is 2. The fourth-order valence-corrected chi connectivity index (χ4v) is 4.82. The summed E-state index contributed by atoms with van der Waals surface area (Å²) in [6, 6.07) is 19.8. The van der Waals surface area contributed by atoms with Crippen LogP contribution >= 0.6 is 0 Å². The molecule has 0 atom stereocenters. The highest BCUT2D eigenvalue weighted by molar-refractivity contribution is 7.90. The third-order valence-corrected chi connectivity index (χ3v) is 6.49. The molecule has 0 radical (unpaired) electrons. The van der Waals surface area contributed by atoms with Crippen LogP contribution in [0.1, 0.15) is 0 Å². The van der Waals surface area contributed by atoms with Gasteiger partial charge in [0, 0.05) is 22.5 Å². The van der Waals surface area contributed by atoms with Gasteiger partial charge >= 0.3 is 0 Å². The van der Waals surface area contributed by atoms with Crippen molar-refractivity contribution in [2.45, 2.75) is 4.90 Å². The average molecular weight is 391 g/mol. The molecule has 0 aliphatic rings. The minimum absolute atomic E-state index is 0.146. The predicted octanol–water partition coefficient (Wildman–Crippen LogP) is 5.43. The Bertz CT molecular complexity index is 1430. The van der Waals surface area contributed by atoms with Crippen LogP contribution in [0.25, 0.3) is 33.0 Å². The third-order valence-electron chi connectivity index (χ3n) is 4.80. The van der Waals surface area contributed by atoms with Crippen molar-refractivity contribution in [3.63, 3.8) is 0 Å². The number of hydrogen-bond acceptors (Lipinski definition) is 3. The van der Waals surface area contributed by atoms with Crippen molar-refractivity contribution in [3.8, 4) is 11.1 Å². The molecule has 0 saturated heterocycles. The van der Waals surface area contributed by atoms with Crippen LogP contribution in [0.3, 0.4) is 0 Å². The first-order valence-corrected chi connectivity index (χ1v) is 10.1. The van der Waals surface area contributed by atoms with E-state index >= 15 is 0 Å². The van der Waals surface area contributed by atoms with Gasteiger partial charge < -0.3 is 4.42 Å². The van der Waals surface area contributed by atoms with E-state index in [0.717, 1.165) is 20.5 Å². The summed E-state index contributed by atoms with van der Waals surface area (Å²) in [6.07, 6.45) is 3.15. The number of aromatic nitrogens is 1. The van der Waals surface area contributed by atoms with E-state index in [1.54, 1.807) is 36.7 Å². The van der Waals surface area contributed by atoms with Crippen LogP contribution in [-0.4, -0.2) is 12.4 Å². The summed E-state index contributed by atoms with van der Waals surface area (Å²) >= 11 is 0.